The van der Waals surface area contributed by atoms with Gasteiger partial charge in [-0.3, -0.25) is 14.4 Å². The molecule has 4 rings (SSSR count). The predicted molar refractivity (Wildman–Crippen MR) is 115 cm³/mol. The molecule has 2 N–H and O–H groups in total. The average molecular weight is 483 g/mol. The fourth-order valence-electron chi connectivity index (χ4n) is 6.27. The molecule has 0 amide bonds. The molecule has 0 aromatic carbocycles. The summed E-state index contributed by atoms with van der Waals surface area (Å²) < 4.78 is 29.2. The maximum absolute atomic E-state index is 12.6. The fraction of sp³-hybridized carbons (Fsp3) is 0.792. The minimum atomic E-state index is -1.24. The number of rotatable bonds is 6. The van der Waals surface area contributed by atoms with Crippen LogP contribution >= 0.6 is 0 Å². The van der Waals surface area contributed by atoms with Crippen molar-refractivity contribution in [2.45, 2.75) is 96.1 Å². The van der Waals surface area contributed by atoms with Gasteiger partial charge in [-0.15, -0.1) is 0 Å². The molecule has 2 heterocycles. The Morgan fingerprint density at radius 2 is 1.85 bits per heavy atom. The summed E-state index contributed by atoms with van der Waals surface area (Å²) in [5.74, 6) is -1.65. The summed E-state index contributed by atoms with van der Waals surface area (Å²) in [5.41, 5.74) is -3.50. The van der Waals surface area contributed by atoms with E-state index in [0.717, 1.165) is 5.57 Å². The van der Waals surface area contributed by atoms with Gasteiger partial charge in [-0.25, -0.2) is 0 Å². The van der Waals surface area contributed by atoms with Gasteiger partial charge in [0.2, 0.25) is 0 Å². The van der Waals surface area contributed by atoms with Gasteiger partial charge in [0.05, 0.1) is 35.6 Å². The van der Waals surface area contributed by atoms with Crippen LogP contribution in [0.1, 0.15) is 54.4 Å². The Bertz CT molecular complexity index is 915. The normalized spacial score (nSPS) is 42.5. The Labute approximate surface area is 198 Å². The molecule has 0 radical (unpaired) electrons. The lowest BCUT2D eigenvalue weighted by molar-refractivity contribution is -0.241. The minimum absolute atomic E-state index is 0.116. The van der Waals surface area contributed by atoms with E-state index in [9.17, 15) is 24.6 Å². The largest absolute Gasteiger partial charge is 0.465 e. The summed E-state index contributed by atoms with van der Waals surface area (Å²) in [4.78, 5) is 36.5. The summed E-state index contributed by atoms with van der Waals surface area (Å²) in [6.07, 6.45) is -2.40. The number of carbonyl (C=O) groups excluding carboxylic acids is 3. The van der Waals surface area contributed by atoms with Crippen LogP contribution in [0.25, 0.3) is 0 Å². The van der Waals surface area contributed by atoms with Crippen LogP contribution in [-0.4, -0.2) is 83.1 Å². The summed E-state index contributed by atoms with van der Waals surface area (Å²) in [7, 11) is 0. The maximum atomic E-state index is 12.6. The number of epoxide rings is 1. The predicted octanol–water partition coefficient (Wildman–Crippen LogP) is 0.808. The van der Waals surface area contributed by atoms with Crippen molar-refractivity contribution in [2.24, 2.45) is 10.8 Å². The monoisotopic (exact) mass is 482 g/mol. The number of aliphatic hydroxyl groups is 2. The van der Waals surface area contributed by atoms with Crippen LogP contribution in [0.15, 0.2) is 11.6 Å². The summed E-state index contributed by atoms with van der Waals surface area (Å²) >= 11 is 0. The summed E-state index contributed by atoms with van der Waals surface area (Å²) in [6.45, 7) is 9.43. The first-order chi connectivity index (χ1) is 15.7. The number of esters is 3. The third-order valence-corrected chi connectivity index (χ3v) is 8.00. The van der Waals surface area contributed by atoms with Crippen LogP contribution in [-0.2, 0) is 38.1 Å². The Hall–Kier alpha value is -2.01. The molecule has 190 valence electrons. The van der Waals surface area contributed by atoms with Crippen LogP contribution in [0.4, 0.5) is 0 Å². The van der Waals surface area contributed by atoms with Gasteiger partial charge in [0.25, 0.3) is 0 Å². The van der Waals surface area contributed by atoms with Crippen LogP contribution < -0.4 is 0 Å². The van der Waals surface area contributed by atoms with Gasteiger partial charge >= 0.3 is 17.9 Å². The topological polar surface area (TPSA) is 141 Å². The molecule has 2 saturated heterocycles. The molecule has 0 aromatic rings. The zero-order valence-electron chi connectivity index (χ0n) is 20.5. The Balaban J connectivity index is 1.78. The zero-order chi connectivity index (χ0) is 25.3. The van der Waals surface area contributed by atoms with Gasteiger partial charge in [0, 0.05) is 20.3 Å². The fourth-order valence-corrected chi connectivity index (χ4v) is 6.27. The number of ether oxygens (including phenoxy) is 5. The molecule has 2 unspecified atom stereocenters. The second kappa shape index (κ2) is 8.01. The van der Waals surface area contributed by atoms with Crippen molar-refractivity contribution in [1.29, 1.82) is 0 Å². The van der Waals surface area contributed by atoms with E-state index in [-0.39, 0.29) is 26.1 Å². The highest BCUT2D eigenvalue weighted by Gasteiger charge is 2.86. The van der Waals surface area contributed by atoms with Gasteiger partial charge in [0.15, 0.2) is 0 Å². The molecule has 8 atom stereocenters. The van der Waals surface area contributed by atoms with E-state index >= 15 is 0 Å². The first-order valence-corrected chi connectivity index (χ1v) is 11.6. The quantitative estimate of drug-likeness (QED) is 0.242. The second-order valence-corrected chi connectivity index (χ2v) is 10.9. The lowest BCUT2D eigenvalue weighted by Crippen LogP contribution is -2.68. The van der Waals surface area contributed by atoms with Crippen molar-refractivity contribution in [3.05, 3.63) is 11.6 Å². The Morgan fingerprint density at radius 3 is 2.38 bits per heavy atom. The van der Waals surface area contributed by atoms with E-state index in [1.807, 2.05) is 19.9 Å². The van der Waals surface area contributed by atoms with Crippen molar-refractivity contribution >= 4 is 17.9 Å². The highest BCUT2D eigenvalue weighted by Crippen LogP contribution is 2.72. The number of hydrogen-bond donors (Lipinski definition) is 2. The molecule has 34 heavy (non-hydrogen) atoms. The Morgan fingerprint density at radius 1 is 1.21 bits per heavy atom. The van der Waals surface area contributed by atoms with Crippen molar-refractivity contribution in [3.8, 4) is 0 Å². The van der Waals surface area contributed by atoms with E-state index in [2.05, 4.69) is 0 Å². The number of hydrogen-bond acceptors (Lipinski definition) is 10. The average Bonchev–Trinajstić information content (AvgIpc) is 3.47. The smallest absolute Gasteiger partial charge is 0.309 e. The molecular formula is C24H34O10. The van der Waals surface area contributed by atoms with Gasteiger partial charge in [-0.05, 0) is 26.3 Å². The summed E-state index contributed by atoms with van der Waals surface area (Å²) in [5, 5.41) is 21.2. The van der Waals surface area contributed by atoms with Crippen molar-refractivity contribution in [2.75, 3.05) is 13.2 Å². The molecule has 3 fully saturated rings. The highest BCUT2D eigenvalue weighted by molar-refractivity contribution is 5.71. The summed E-state index contributed by atoms with van der Waals surface area (Å²) in [6, 6.07) is 0. The second-order valence-electron chi connectivity index (χ2n) is 10.9. The molecule has 1 spiro atoms. The lowest BCUT2D eigenvalue weighted by Gasteiger charge is -2.58. The molecule has 10 nitrogen and oxygen atoms in total. The van der Waals surface area contributed by atoms with E-state index < -0.39 is 70.5 Å². The zero-order valence-corrected chi connectivity index (χ0v) is 20.5. The van der Waals surface area contributed by atoms with Gasteiger partial charge in [0.1, 0.15) is 36.6 Å². The van der Waals surface area contributed by atoms with Crippen LogP contribution in [0.5, 0.6) is 0 Å². The standard InChI is InChI=1S/C24H34O10/c1-12-7-16-23(10-30-13(2)25,8-15(12)33-17(27)9-21(4,5)29)22(6)19(32-14(3)26)18(28)20(34-16)24(22)11-31-24/h7,15-16,18-20,28-29H,8-11H2,1-6H3/t15-,16+,18+,19+,20+,22?,23+,24?/m0/s1. The maximum Gasteiger partial charge on any atom is 0.309 e. The molecule has 2 bridgehead atoms. The molecule has 10 heteroatoms. The van der Waals surface area contributed by atoms with E-state index in [1.54, 1.807) is 0 Å². The SMILES string of the molecule is CC(=O)OC[C@]12C[C@H](OC(=O)CC(C)(C)O)C(C)=C[C@H]1O[C@@H]1[C@H](O)[C@@H](OC(C)=O)C2(C)C12CO2. The van der Waals surface area contributed by atoms with Crippen LogP contribution in [0.3, 0.4) is 0 Å². The van der Waals surface area contributed by atoms with Crippen LogP contribution in [0.2, 0.25) is 0 Å². The molecule has 1 saturated carbocycles. The van der Waals surface area contributed by atoms with Crippen molar-refractivity contribution in [1.82, 2.24) is 0 Å². The first kappa shape index (κ1) is 25.1. The number of aliphatic hydroxyl groups excluding tert-OH is 1. The van der Waals surface area contributed by atoms with Gasteiger partial charge in [-0.1, -0.05) is 13.0 Å². The molecular weight excluding hydrogens is 448 g/mol. The van der Waals surface area contributed by atoms with Crippen molar-refractivity contribution in [3.63, 3.8) is 0 Å². The van der Waals surface area contributed by atoms with Crippen LogP contribution in [0, 0.1) is 10.8 Å². The van der Waals surface area contributed by atoms with Gasteiger partial charge < -0.3 is 33.9 Å². The number of fused-ring (bicyclic) bond motifs is 2. The van der Waals surface area contributed by atoms with E-state index in [4.69, 9.17) is 23.7 Å². The first-order valence-electron chi connectivity index (χ1n) is 11.6. The van der Waals surface area contributed by atoms with E-state index in [1.165, 1.54) is 27.7 Å². The molecule has 0 aromatic heterocycles. The molecule has 4 aliphatic rings. The highest BCUT2D eigenvalue weighted by atomic mass is 16.7. The van der Waals surface area contributed by atoms with Crippen molar-refractivity contribution < 1.29 is 48.3 Å². The molecule has 2 aliphatic carbocycles. The Kier molecular flexibility index (Phi) is 5.91. The van der Waals surface area contributed by atoms with E-state index in [0.29, 0.717) is 0 Å². The number of carbonyl (C=O) groups is 3. The third-order valence-electron chi connectivity index (χ3n) is 8.00. The minimum Gasteiger partial charge on any atom is -0.465 e. The lowest BCUT2D eigenvalue weighted by atomic mass is 9.51. The third kappa shape index (κ3) is 3.66. The van der Waals surface area contributed by atoms with Gasteiger partial charge in [-0.2, -0.15) is 0 Å². The molecule has 2 aliphatic heterocycles.